The predicted molar refractivity (Wildman–Crippen MR) is 112 cm³/mol. The van der Waals surface area contributed by atoms with E-state index in [2.05, 4.69) is 5.32 Å². The van der Waals surface area contributed by atoms with E-state index < -0.39 is 16.9 Å². The lowest BCUT2D eigenvalue weighted by molar-refractivity contribution is -0.384. The number of esters is 1. The highest BCUT2D eigenvalue weighted by molar-refractivity contribution is 5.92. The Morgan fingerprint density at radius 1 is 1.00 bits per heavy atom. The maximum absolute atomic E-state index is 12.4. The van der Waals surface area contributed by atoms with Gasteiger partial charge in [0.2, 0.25) is 0 Å². The minimum atomic E-state index is -0.994. The zero-order valence-electron chi connectivity index (χ0n) is 16.4. The Balaban J connectivity index is 1.69. The van der Waals surface area contributed by atoms with Gasteiger partial charge < -0.3 is 19.9 Å². The molecule has 0 heterocycles. The number of carbonyl (C=O) groups is 2. The van der Waals surface area contributed by atoms with Crippen LogP contribution in [-0.4, -0.2) is 29.1 Å². The predicted octanol–water partition coefficient (Wildman–Crippen LogP) is 4.13. The second-order valence-corrected chi connectivity index (χ2v) is 6.42. The fourth-order valence-corrected chi connectivity index (χ4v) is 2.75. The number of benzene rings is 3. The number of nitrogens with one attached hydrogen (secondary N) is 1. The highest BCUT2D eigenvalue weighted by atomic mass is 16.6. The Hall–Kier alpha value is -4.40. The number of anilines is 1. The SMILES string of the molecule is COc1cc(CNc2ccc(C(=O)O)cc2)ccc1OC(=O)c1cccc([N+](=O)[O-])c1. The molecule has 0 saturated carbocycles. The number of hydrogen-bond acceptors (Lipinski definition) is 7. The number of methoxy groups -OCH3 is 1. The molecule has 3 aromatic carbocycles. The first kappa shape index (κ1) is 21.3. The summed E-state index contributed by atoms with van der Waals surface area (Å²) in [5.41, 5.74) is 1.60. The van der Waals surface area contributed by atoms with Gasteiger partial charge in [0, 0.05) is 24.4 Å². The third kappa shape index (κ3) is 5.36. The molecule has 0 aliphatic carbocycles. The van der Waals surface area contributed by atoms with Crippen LogP contribution in [0.2, 0.25) is 0 Å². The van der Waals surface area contributed by atoms with Gasteiger partial charge in [-0.3, -0.25) is 10.1 Å². The van der Waals surface area contributed by atoms with E-state index in [4.69, 9.17) is 14.6 Å². The van der Waals surface area contributed by atoms with E-state index >= 15 is 0 Å². The largest absolute Gasteiger partial charge is 0.493 e. The summed E-state index contributed by atoms with van der Waals surface area (Å²) in [6, 6.07) is 16.6. The summed E-state index contributed by atoms with van der Waals surface area (Å²) in [7, 11) is 1.43. The molecule has 3 aromatic rings. The smallest absolute Gasteiger partial charge is 0.343 e. The Kier molecular flexibility index (Phi) is 6.46. The topological polar surface area (TPSA) is 128 Å². The number of carboxylic acids is 1. The average Bonchev–Trinajstić information content (AvgIpc) is 2.78. The van der Waals surface area contributed by atoms with Crippen molar-refractivity contribution in [1.82, 2.24) is 0 Å². The van der Waals surface area contributed by atoms with E-state index in [1.54, 1.807) is 30.3 Å². The molecular weight excluding hydrogens is 404 g/mol. The molecular formula is C22H18N2O7. The number of carboxylic acid groups (broad SMARTS) is 1. The van der Waals surface area contributed by atoms with Crippen LogP contribution in [0.4, 0.5) is 11.4 Å². The number of rotatable bonds is 8. The normalized spacial score (nSPS) is 10.2. The summed E-state index contributed by atoms with van der Waals surface area (Å²) in [5, 5.41) is 23.0. The van der Waals surface area contributed by atoms with Gasteiger partial charge in [0.15, 0.2) is 11.5 Å². The maximum atomic E-state index is 12.4. The second-order valence-electron chi connectivity index (χ2n) is 6.42. The Morgan fingerprint density at radius 2 is 1.74 bits per heavy atom. The van der Waals surface area contributed by atoms with E-state index in [-0.39, 0.29) is 22.6 Å². The number of non-ortho nitro benzene ring substituents is 1. The lowest BCUT2D eigenvalue weighted by Crippen LogP contribution is -2.10. The van der Waals surface area contributed by atoms with Crippen LogP contribution in [0, 0.1) is 10.1 Å². The molecule has 0 unspecified atom stereocenters. The standard InChI is InChI=1S/C22H18N2O7/c1-30-20-11-14(13-23-17-8-6-15(7-9-17)21(25)26)5-10-19(20)31-22(27)16-3-2-4-18(12-16)24(28)29/h2-12,23H,13H2,1H3,(H,25,26). The number of hydrogen-bond donors (Lipinski definition) is 2. The Bertz CT molecular complexity index is 1130. The molecule has 158 valence electrons. The summed E-state index contributed by atoms with van der Waals surface area (Å²) >= 11 is 0. The zero-order valence-corrected chi connectivity index (χ0v) is 16.4. The molecule has 0 spiro atoms. The zero-order chi connectivity index (χ0) is 22.4. The van der Waals surface area contributed by atoms with Gasteiger partial charge >= 0.3 is 11.9 Å². The molecule has 0 aliphatic heterocycles. The quantitative estimate of drug-likeness (QED) is 0.240. The van der Waals surface area contributed by atoms with Gasteiger partial charge in [0.25, 0.3) is 5.69 Å². The van der Waals surface area contributed by atoms with Crippen molar-refractivity contribution in [2.45, 2.75) is 6.54 Å². The fourth-order valence-electron chi connectivity index (χ4n) is 2.75. The monoisotopic (exact) mass is 422 g/mol. The molecule has 9 heteroatoms. The van der Waals surface area contributed by atoms with Gasteiger partial charge in [-0.15, -0.1) is 0 Å². The van der Waals surface area contributed by atoms with Crippen LogP contribution in [0.15, 0.2) is 66.7 Å². The molecule has 0 radical (unpaired) electrons. The molecule has 0 aliphatic rings. The van der Waals surface area contributed by atoms with Crippen molar-refractivity contribution in [2.75, 3.05) is 12.4 Å². The highest BCUT2D eigenvalue weighted by Gasteiger charge is 2.16. The third-order valence-electron chi connectivity index (χ3n) is 4.35. The molecule has 0 atom stereocenters. The molecule has 2 N–H and O–H groups in total. The van der Waals surface area contributed by atoms with Crippen molar-refractivity contribution in [2.24, 2.45) is 0 Å². The number of nitro groups is 1. The van der Waals surface area contributed by atoms with Crippen LogP contribution in [-0.2, 0) is 6.54 Å². The van der Waals surface area contributed by atoms with E-state index in [0.29, 0.717) is 12.3 Å². The third-order valence-corrected chi connectivity index (χ3v) is 4.35. The summed E-state index contributed by atoms with van der Waals surface area (Å²) in [6.07, 6.45) is 0. The van der Waals surface area contributed by atoms with Gasteiger partial charge in [-0.1, -0.05) is 12.1 Å². The first-order chi connectivity index (χ1) is 14.9. The van der Waals surface area contributed by atoms with Gasteiger partial charge in [-0.2, -0.15) is 0 Å². The number of ether oxygens (including phenoxy) is 2. The minimum Gasteiger partial charge on any atom is -0.493 e. The number of nitro benzene ring substituents is 1. The molecule has 0 aromatic heterocycles. The van der Waals surface area contributed by atoms with Crippen LogP contribution in [0.5, 0.6) is 11.5 Å². The van der Waals surface area contributed by atoms with Crippen molar-refractivity contribution in [3.8, 4) is 11.5 Å². The van der Waals surface area contributed by atoms with Crippen molar-refractivity contribution in [3.63, 3.8) is 0 Å². The molecule has 0 saturated heterocycles. The van der Waals surface area contributed by atoms with Gasteiger partial charge in [0.1, 0.15) is 0 Å². The van der Waals surface area contributed by atoms with Crippen LogP contribution >= 0.6 is 0 Å². The van der Waals surface area contributed by atoms with E-state index in [9.17, 15) is 19.7 Å². The van der Waals surface area contributed by atoms with Crippen molar-refractivity contribution in [1.29, 1.82) is 0 Å². The molecule has 0 amide bonds. The van der Waals surface area contributed by atoms with Crippen LogP contribution < -0.4 is 14.8 Å². The summed E-state index contributed by atoms with van der Waals surface area (Å²) < 4.78 is 10.6. The Labute approximate surface area is 177 Å². The lowest BCUT2D eigenvalue weighted by Gasteiger charge is -2.12. The molecule has 3 rings (SSSR count). The van der Waals surface area contributed by atoms with Crippen molar-refractivity contribution in [3.05, 3.63) is 93.5 Å². The molecule has 9 nitrogen and oxygen atoms in total. The second kappa shape index (κ2) is 9.40. The van der Waals surface area contributed by atoms with E-state index in [1.165, 1.54) is 37.4 Å². The maximum Gasteiger partial charge on any atom is 0.343 e. The van der Waals surface area contributed by atoms with E-state index in [1.807, 2.05) is 0 Å². The van der Waals surface area contributed by atoms with Gasteiger partial charge in [-0.05, 0) is 48.0 Å². The molecule has 0 bridgehead atoms. The minimum absolute atomic E-state index is 0.0480. The van der Waals surface area contributed by atoms with E-state index in [0.717, 1.165) is 17.3 Å². The molecule has 31 heavy (non-hydrogen) atoms. The average molecular weight is 422 g/mol. The fraction of sp³-hybridized carbons (Fsp3) is 0.0909. The van der Waals surface area contributed by atoms with Crippen molar-refractivity contribution < 1.29 is 29.1 Å². The van der Waals surface area contributed by atoms with Gasteiger partial charge in [0.05, 0.1) is 23.2 Å². The molecule has 0 fully saturated rings. The first-order valence-corrected chi connectivity index (χ1v) is 9.08. The van der Waals surface area contributed by atoms with Crippen LogP contribution in [0.1, 0.15) is 26.3 Å². The summed E-state index contributed by atoms with van der Waals surface area (Å²) in [6.45, 7) is 0.419. The first-order valence-electron chi connectivity index (χ1n) is 9.08. The summed E-state index contributed by atoms with van der Waals surface area (Å²) in [5.74, 6) is -1.24. The number of carbonyl (C=O) groups excluding carboxylic acids is 1. The van der Waals surface area contributed by atoms with Crippen LogP contribution in [0.25, 0.3) is 0 Å². The highest BCUT2D eigenvalue weighted by Crippen LogP contribution is 2.29. The van der Waals surface area contributed by atoms with Crippen molar-refractivity contribution >= 4 is 23.3 Å². The van der Waals surface area contributed by atoms with Gasteiger partial charge in [-0.25, -0.2) is 9.59 Å². The van der Waals surface area contributed by atoms with Crippen LogP contribution in [0.3, 0.4) is 0 Å². The number of nitrogens with zero attached hydrogens (tertiary/aromatic N) is 1. The summed E-state index contributed by atoms with van der Waals surface area (Å²) in [4.78, 5) is 33.6. The lowest BCUT2D eigenvalue weighted by atomic mass is 10.1. The Morgan fingerprint density at radius 3 is 2.39 bits per heavy atom. The number of aromatic carboxylic acids is 1.